The van der Waals surface area contributed by atoms with Crippen molar-refractivity contribution >= 4 is 21.7 Å². The number of carbonyl (C=O) groups excluding carboxylic acids is 1. The SMILES string of the molecule is CC(=O)c1ccc(C#N)c(C)c1Br. The fraction of sp³-hybridized carbons (Fsp3) is 0.200. The third-order valence-corrected chi connectivity index (χ3v) is 2.91. The van der Waals surface area contributed by atoms with Crippen LogP contribution >= 0.6 is 15.9 Å². The minimum atomic E-state index is -0.000496. The van der Waals surface area contributed by atoms with Crippen molar-refractivity contribution in [2.24, 2.45) is 0 Å². The van der Waals surface area contributed by atoms with E-state index in [4.69, 9.17) is 5.26 Å². The number of hydrogen-bond donors (Lipinski definition) is 0. The molecule has 2 nitrogen and oxygen atoms in total. The van der Waals surface area contributed by atoms with Crippen molar-refractivity contribution < 1.29 is 4.79 Å². The summed E-state index contributed by atoms with van der Waals surface area (Å²) in [4.78, 5) is 11.1. The van der Waals surface area contributed by atoms with E-state index in [1.54, 1.807) is 12.1 Å². The molecule has 0 bridgehead atoms. The number of rotatable bonds is 1. The normalized spacial score (nSPS) is 9.38. The molecule has 0 aliphatic heterocycles. The molecule has 0 heterocycles. The summed E-state index contributed by atoms with van der Waals surface area (Å²) >= 11 is 3.30. The Hall–Kier alpha value is -1.14. The van der Waals surface area contributed by atoms with Crippen molar-refractivity contribution in [1.29, 1.82) is 5.26 Å². The molecule has 1 aromatic rings. The van der Waals surface area contributed by atoms with Gasteiger partial charge in [0.1, 0.15) is 0 Å². The van der Waals surface area contributed by atoms with Crippen LogP contribution in [0.3, 0.4) is 0 Å². The fourth-order valence-corrected chi connectivity index (χ4v) is 1.70. The van der Waals surface area contributed by atoms with Gasteiger partial charge in [0.25, 0.3) is 0 Å². The van der Waals surface area contributed by atoms with Crippen molar-refractivity contribution in [2.45, 2.75) is 13.8 Å². The van der Waals surface area contributed by atoms with Gasteiger partial charge in [-0.15, -0.1) is 0 Å². The Morgan fingerprint density at radius 3 is 2.62 bits per heavy atom. The minimum Gasteiger partial charge on any atom is -0.294 e. The number of ketones is 1. The molecule has 0 aliphatic carbocycles. The summed E-state index contributed by atoms with van der Waals surface area (Å²) in [5.41, 5.74) is 2.03. The van der Waals surface area contributed by atoms with E-state index in [9.17, 15) is 4.79 Å². The van der Waals surface area contributed by atoms with E-state index in [1.165, 1.54) is 6.92 Å². The lowest BCUT2D eigenvalue weighted by Gasteiger charge is -2.04. The van der Waals surface area contributed by atoms with Crippen LogP contribution in [0, 0.1) is 18.3 Å². The highest BCUT2D eigenvalue weighted by Crippen LogP contribution is 2.24. The van der Waals surface area contributed by atoms with Crippen molar-refractivity contribution in [2.75, 3.05) is 0 Å². The molecule has 0 N–H and O–H groups in total. The second-order valence-electron chi connectivity index (χ2n) is 2.77. The predicted octanol–water partition coefficient (Wildman–Crippen LogP) is 2.83. The highest BCUT2D eigenvalue weighted by molar-refractivity contribution is 9.10. The molecule has 0 unspecified atom stereocenters. The number of nitrogens with zero attached hydrogens (tertiary/aromatic N) is 1. The molecule has 3 heteroatoms. The summed E-state index contributed by atoms with van der Waals surface area (Å²) in [5, 5.41) is 8.72. The van der Waals surface area contributed by atoms with E-state index in [0.29, 0.717) is 11.1 Å². The van der Waals surface area contributed by atoms with Gasteiger partial charge in [0.2, 0.25) is 0 Å². The Bertz CT molecular complexity index is 404. The zero-order valence-electron chi connectivity index (χ0n) is 7.39. The van der Waals surface area contributed by atoms with Crippen molar-refractivity contribution in [3.63, 3.8) is 0 Å². The summed E-state index contributed by atoms with van der Waals surface area (Å²) in [6.07, 6.45) is 0. The minimum absolute atomic E-state index is 0.000496. The van der Waals surface area contributed by atoms with Gasteiger partial charge in [-0.1, -0.05) is 0 Å². The number of nitriles is 1. The molecule has 1 rings (SSSR count). The van der Waals surface area contributed by atoms with E-state index in [2.05, 4.69) is 22.0 Å². The Balaban J connectivity index is 3.42. The first-order valence-corrected chi connectivity index (χ1v) is 4.57. The number of Topliss-reactive ketones (excluding diaryl/α,β-unsaturated/α-hetero) is 1. The monoisotopic (exact) mass is 237 g/mol. The summed E-state index contributed by atoms with van der Waals surface area (Å²) in [5.74, 6) is -0.000496. The first-order chi connectivity index (χ1) is 6.07. The maximum Gasteiger partial charge on any atom is 0.160 e. The van der Waals surface area contributed by atoms with Gasteiger partial charge in [-0.2, -0.15) is 5.26 Å². The van der Waals surface area contributed by atoms with Crippen LogP contribution < -0.4 is 0 Å². The van der Waals surface area contributed by atoms with Crippen LogP contribution in [-0.2, 0) is 0 Å². The Kier molecular flexibility index (Phi) is 2.84. The molecular weight excluding hydrogens is 230 g/mol. The smallest absolute Gasteiger partial charge is 0.160 e. The van der Waals surface area contributed by atoms with E-state index < -0.39 is 0 Å². The maximum absolute atomic E-state index is 11.1. The molecule has 0 aliphatic rings. The molecule has 0 spiro atoms. The summed E-state index contributed by atoms with van der Waals surface area (Å²) in [7, 11) is 0. The zero-order chi connectivity index (χ0) is 10.0. The average molecular weight is 238 g/mol. The Morgan fingerprint density at radius 1 is 1.54 bits per heavy atom. The lowest BCUT2D eigenvalue weighted by atomic mass is 10.0. The van der Waals surface area contributed by atoms with Crippen LogP contribution in [0.2, 0.25) is 0 Å². The fourth-order valence-electron chi connectivity index (χ4n) is 1.08. The zero-order valence-corrected chi connectivity index (χ0v) is 8.97. The second-order valence-corrected chi connectivity index (χ2v) is 3.56. The van der Waals surface area contributed by atoms with Gasteiger partial charge in [-0.05, 0) is 47.5 Å². The first kappa shape index (κ1) is 9.94. The largest absolute Gasteiger partial charge is 0.294 e. The van der Waals surface area contributed by atoms with Crippen LogP contribution in [0.5, 0.6) is 0 Å². The number of carbonyl (C=O) groups is 1. The van der Waals surface area contributed by atoms with Crippen LogP contribution in [0.25, 0.3) is 0 Å². The topological polar surface area (TPSA) is 40.9 Å². The molecule has 66 valence electrons. The molecule has 0 saturated heterocycles. The van der Waals surface area contributed by atoms with Crippen molar-refractivity contribution in [3.8, 4) is 6.07 Å². The van der Waals surface area contributed by atoms with Gasteiger partial charge < -0.3 is 0 Å². The number of halogens is 1. The Morgan fingerprint density at radius 2 is 2.15 bits per heavy atom. The highest BCUT2D eigenvalue weighted by Gasteiger charge is 2.09. The maximum atomic E-state index is 11.1. The molecule has 0 aromatic heterocycles. The molecule has 0 fully saturated rings. The molecule has 0 atom stereocenters. The summed E-state index contributed by atoms with van der Waals surface area (Å²) in [6, 6.07) is 5.39. The van der Waals surface area contributed by atoms with Crippen LogP contribution in [0.1, 0.15) is 28.4 Å². The second kappa shape index (κ2) is 3.71. The van der Waals surface area contributed by atoms with Gasteiger partial charge in [0.05, 0.1) is 11.6 Å². The third-order valence-electron chi connectivity index (χ3n) is 1.89. The van der Waals surface area contributed by atoms with Crippen LogP contribution in [-0.4, -0.2) is 5.78 Å². The third kappa shape index (κ3) is 1.78. The lowest BCUT2D eigenvalue weighted by molar-refractivity contribution is 0.101. The Labute approximate surface area is 85.3 Å². The molecular formula is C10H8BrNO. The average Bonchev–Trinajstić information content (AvgIpc) is 2.09. The van der Waals surface area contributed by atoms with Gasteiger partial charge in [0.15, 0.2) is 5.78 Å². The molecule has 0 amide bonds. The number of benzene rings is 1. The van der Waals surface area contributed by atoms with Crippen molar-refractivity contribution in [3.05, 3.63) is 33.3 Å². The van der Waals surface area contributed by atoms with Gasteiger partial charge in [0, 0.05) is 10.0 Å². The quantitative estimate of drug-likeness (QED) is 0.706. The van der Waals surface area contributed by atoms with E-state index in [0.717, 1.165) is 10.0 Å². The summed E-state index contributed by atoms with van der Waals surface area (Å²) < 4.78 is 0.721. The number of hydrogen-bond acceptors (Lipinski definition) is 2. The summed E-state index contributed by atoms with van der Waals surface area (Å²) in [6.45, 7) is 3.32. The molecule has 1 aromatic carbocycles. The predicted molar refractivity (Wildman–Crippen MR) is 53.6 cm³/mol. The lowest BCUT2D eigenvalue weighted by Crippen LogP contribution is -1.96. The first-order valence-electron chi connectivity index (χ1n) is 3.78. The van der Waals surface area contributed by atoms with E-state index in [-0.39, 0.29) is 5.78 Å². The van der Waals surface area contributed by atoms with Crippen LogP contribution in [0.15, 0.2) is 16.6 Å². The van der Waals surface area contributed by atoms with Gasteiger partial charge in [-0.25, -0.2) is 0 Å². The van der Waals surface area contributed by atoms with Gasteiger partial charge >= 0.3 is 0 Å². The standard InChI is InChI=1S/C10H8BrNO/c1-6-8(5-12)3-4-9(7(2)13)10(6)11/h3-4H,1-2H3. The molecule has 0 saturated carbocycles. The molecule has 13 heavy (non-hydrogen) atoms. The highest BCUT2D eigenvalue weighted by atomic mass is 79.9. The van der Waals surface area contributed by atoms with Crippen molar-refractivity contribution in [1.82, 2.24) is 0 Å². The van der Waals surface area contributed by atoms with E-state index >= 15 is 0 Å². The van der Waals surface area contributed by atoms with Crippen LogP contribution in [0.4, 0.5) is 0 Å². The van der Waals surface area contributed by atoms with Gasteiger partial charge in [-0.3, -0.25) is 4.79 Å². The van der Waals surface area contributed by atoms with E-state index in [1.807, 2.05) is 6.92 Å². The molecule has 0 radical (unpaired) electrons.